The number of Topliss-reactive ketones (excluding diaryl/α,β-unsaturated/α-hetero) is 1. The molecule has 0 atom stereocenters. The Morgan fingerprint density at radius 1 is 1.04 bits per heavy atom. The topological polar surface area (TPSA) is 81.7 Å². The van der Waals surface area contributed by atoms with E-state index in [2.05, 4.69) is 5.32 Å². The van der Waals surface area contributed by atoms with Gasteiger partial charge in [-0.1, -0.05) is 23.2 Å². The third-order valence-electron chi connectivity index (χ3n) is 3.42. The Bertz CT molecular complexity index is 836. The standard InChI is InChI=1S/C19H17Cl2NO5/c1-2-26-14-6-3-12(4-7-14)17(23)11-27-18(24)10-22-19(25)15-8-5-13(20)9-16(15)21/h3-9H,2,10-11H2,1H3,(H,22,25). The summed E-state index contributed by atoms with van der Waals surface area (Å²) in [7, 11) is 0. The van der Waals surface area contributed by atoms with Gasteiger partial charge in [-0.25, -0.2) is 0 Å². The van der Waals surface area contributed by atoms with E-state index in [9.17, 15) is 14.4 Å². The van der Waals surface area contributed by atoms with Crippen LogP contribution in [0.1, 0.15) is 27.6 Å². The first kappa shape index (κ1) is 20.7. The van der Waals surface area contributed by atoms with Gasteiger partial charge < -0.3 is 14.8 Å². The first-order valence-electron chi connectivity index (χ1n) is 8.05. The third kappa shape index (κ3) is 6.27. The maximum absolute atomic E-state index is 12.0. The number of nitrogens with one attached hydrogen (secondary N) is 1. The average Bonchev–Trinajstić information content (AvgIpc) is 2.65. The Balaban J connectivity index is 1.80. The highest BCUT2D eigenvalue weighted by atomic mass is 35.5. The summed E-state index contributed by atoms with van der Waals surface area (Å²) in [5.41, 5.74) is 0.572. The van der Waals surface area contributed by atoms with Crippen LogP contribution in [-0.2, 0) is 9.53 Å². The van der Waals surface area contributed by atoms with Crippen molar-refractivity contribution in [1.82, 2.24) is 5.32 Å². The maximum Gasteiger partial charge on any atom is 0.325 e. The van der Waals surface area contributed by atoms with Crippen LogP contribution >= 0.6 is 23.2 Å². The lowest BCUT2D eigenvalue weighted by atomic mass is 10.1. The number of rotatable bonds is 8. The summed E-state index contributed by atoms with van der Waals surface area (Å²) in [6, 6.07) is 10.9. The molecule has 2 rings (SSSR count). The summed E-state index contributed by atoms with van der Waals surface area (Å²) in [6.07, 6.45) is 0. The SMILES string of the molecule is CCOc1ccc(C(=O)COC(=O)CNC(=O)c2ccc(Cl)cc2Cl)cc1. The molecular weight excluding hydrogens is 393 g/mol. The van der Waals surface area contributed by atoms with E-state index in [-0.39, 0.29) is 16.4 Å². The van der Waals surface area contributed by atoms with E-state index < -0.39 is 25.0 Å². The summed E-state index contributed by atoms with van der Waals surface area (Å²) >= 11 is 11.7. The molecule has 2 aromatic rings. The Labute approximate surface area is 166 Å². The van der Waals surface area contributed by atoms with Gasteiger partial charge in [0.05, 0.1) is 17.2 Å². The van der Waals surface area contributed by atoms with E-state index >= 15 is 0 Å². The van der Waals surface area contributed by atoms with E-state index in [1.165, 1.54) is 18.2 Å². The zero-order valence-corrected chi connectivity index (χ0v) is 16.0. The van der Waals surface area contributed by atoms with Crippen molar-refractivity contribution < 1.29 is 23.9 Å². The molecule has 1 amide bonds. The van der Waals surface area contributed by atoms with Crippen molar-refractivity contribution >= 4 is 40.9 Å². The van der Waals surface area contributed by atoms with E-state index in [1.54, 1.807) is 24.3 Å². The number of hydrogen-bond donors (Lipinski definition) is 1. The normalized spacial score (nSPS) is 10.2. The Kier molecular flexibility index (Phi) is 7.64. The fourth-order valence-electron chi connectivity index (χ4n) is 2.11. The summed E-state index contributed by atoms with van der Waals surface area (Å²) < 4.78 is 10.2. The molecule has 0 bridgehead atoms. The highest BCUT2D eigenvalue weighted by Gasteiger charge is 2.14. The second kappa shape index (κ2) is 9.94. The molecule has 0 aliphatic carbocycles. The predicted molar refractivity (Wildman–Crippen MR) is 102 cm³/mol. The van der Waals surface area contributed by atoms with Gasteiger partial charge in [-0.05, 0) is 49.4 Å². The molecule has 0 aliphatic heterocycles. The van der Waals surface area contributed by atoms with Crippen LogP contribution in [0.2, 0.25) is 10.0 Å². The van der Waals surface area contributed by atoms with Crippen molar-refractivity contribution in [3.63, 3.8) is 0 Å². The summed E-state index contributed by atoms with van der Waals surface area (Å²) in [5, 5.41) is 2.93. The highest BCUT2D eigenvalue weighted by molar-refractivity contribution is 6.36. The summed E-state index contributed by atoms with van der Waals surface area (Å²) in [5.74, 6) is -1.01. The van der Waals surface area contributed by atoms with Gasteiger partial charge in [0.2, 0.25) is 0 Å². The minimum absolute atomic E-state index is 0.166. The number of benzene rings is 2. The Hall–Kier alpha value is -2.57. The molecule has 2 aromatic carbocycles. The number of carbonyl (C=O) groups excluding carboxylic acids is 3. The number of halogens is 2. The van der Waals surface area contributed by atoms with Gasteiger partial charge in [-0.15, -0.1) is 0 Å². The van der Waals surface area contributed by atoms with Crippen LogP contribution in [0, 0.1) is 0 Å². The average molecular weight is 410 g/mol. The largest absolute Gasteiger partial charge is 0.494 e. The minimum atomic E-state index is -0.743. The number of esters is 1. The molecule has 0 aliphatic rings. The first-order valence-corrected chi connectivity index (χ1v) is 8.81. The lowest BCUT2D eigenvalue weighted by molar-refractivity contribution is -0.141. The Morgan fingerprint density at radius 2 is 1.74 bits per heavy atom. The smallest absolute Gasteiger partial charge is 0.325 e. The lowest BCUT2D eigenvalue weighted by Crippen LogP contribution is -2.31. The van der Waals surface area contributed by atoms with Crippen LogP contribution in [0.15, 0.2) is 42.5 Å². The van der Waals surface area contributed by atoms with Gasteiger partial charge in [0.25, 0.3) is 5.91 Å². The second-order valence-corrected chi connectivity index (χ2v) is 6.19. The molecular formula is C19H17Cl2NO5. The molecule has 0 saturated heterocycles. The zero-order valence-electron chi connectivity index (χ0n) is 14.5. The van der Waals surface area contributed by atoms with E-state index in [4.69, 9.17) is 32.7 Å². The molecule has 0 saturated carbocycles. The lowest BCUT2D eigenvalue weighted by Gasteiger charge is -2.08. The molecule has 0 unspecified atom stereocenters. The summed E-state index contributed by atoms with van der Waals surface area (Å²) in [6.45, 7) is 1.56. The van der Waals surface area contributed by atoms with Crippen molar-refractivity contribution in [3.05, 3.63) is 63.6 Å². The van der Waals surface area contributed by atoms with Gasteiger partial charge in [0.15, 0.2) is 12.4 Å². The van der Waals surface area contributed by atoms with Crippen LogP contribution in [0.4, 0.5) is 0 Å². The predicted octanol–water partition coefficient (Wildman–Crippen LogP) is 3.55. The van der Waals surface area contributed by atoms with Crippen LogP contribution in [0.3, 0.4) is 0 Å². The number of carbonyl (C=O) groups is 3. The van der Waals surface area contributed by atoms with Gasteiger partial charge in [-0.2, -0.15) is 0 Å². The molecule has 27 heavy (non-hydrogen) atoms. The third-order valence-corrected chi connectivity index (χ3v) is 3.97. The molecule has 142 valence electrons. The van der Waals surface area contributed by atoms with Gasteiger partial charge in [0.1, 0.15) is 12.3 Å². The van der Waals surface area contributed by atoms with Crippen molar-refractivity contribution in [3.8, 4) is 5.75 Å². The van der Waals surface area contributed by atoms with Gasteiger partial charge in [0, 0.05) is 10.6 Å². The second-order valence-electron chi connectivity index (χ2n) is 5.35. The Morgan fingerprint density at radius 3 is 2.37 bits per heavy atom. The molecule has 8 heteroatoms. The number of amides is 1. The fraction of sp³-hybridized carbons (Fsp3) is 0.211. The van der Waals surface area contributed by atoms with Gasteiger partial charge in [-0.3, -0.25) is 14.4 Å². The van der Waals surface area contributed by atoms with Crippen LogP contribution < -0.4 is 10.1 Å². The zero-order chi connectivity index (χ0) is 19.8. The number of ketones is 1. The molecule has 6 nitrogen and oxygen atoms in total. The monoisotopic (exact) mass is 409 g/mol. The quantitative estimate of drug-likeness (QED) is 0.532. The van der Waals surface area contributed by atoms with Gasteiger partial charge >= 0.3 is 5.97 Å². The minimum Gasteiger partial charge on any atom is -0.494 e. The van der Waals surface area contributed by atoms with Crippen molar-refractivity contribution in [2.24, 2.45) is 0 Å². The van der Waals surface area contributed by atoms with Crippen LogP contribution in [-0.4, -0.2) is 37.4 Å². The van der Waals surface area contributed by atoms with E-state index in [1.807, 2.05) is 6.92 Å². The maximum atomic E-state index is 12.0. The fourth-order valence-corrected chi connectivity index (χ4v) is 2.60. The highest BCUT2D eigenvalue weighted by Crippen LogP contribution is 2.20. The number of ether oxygens (including phenoxy) is 2. The molecule has 0 radical (unpaired) electrons. The van der Waals surface area contributed by atoms with Crippen molar-refractivity contribution in [1.29, 1.82) is 0 Å². The summed E-state index contributed by atoms with van der Waals surface area (Å²) in [4.78, 5) is 35.7. The van der Waals surface area contributed by atoms with E-state index in [0.717, 1.165) is 0 Å². The molecule has 0 spiro atoms. The molecule has 0 heterocycles. The molecule has 0 aromatic heterocycles. The number of hydrogen-bond acceptors (Lipinski definition) is 5. The van der Waals surface area contributed by atoms with Crippen LogP contribution in [0.5, 0.6) is 5.75 Å². The first-order chi connectivity index (χ1) is 12.9. The van der Waals surface area contributed by atoms with Crippen molar-refractivity contribution in [2.75, 3.05) is 19.8 Å². The van der Waals surface area contributed by atoms with Crippen molar-refractivity contribution in [2.45, 2.75) is 6.92 Å². The van der Waals surface area contributed by atoms with E-state index in [0.29, 0.717) is 22.9 Å². The molecule has 0 fully saturated rings. The molecule has 1 N–H and O–H groups in total. The van der Waals surface area contributed by atoms with Crippen LogP contribution in [0.25, 0.3) is 0 Å².